The molecule has 0 saturated heterocycles. The molecule has 3 aromatic carbocycles. The van der Waals surface area contributed by atoms with Gasteiger partial charge < -0.3 is 10.2 Å². The van der Waals surface area contributed by atoms with Crippen molar-refractivity contribution >= 4 is 33.4 Å². The average molecular weight is 584 g/mol. The summed E-state index contributed by atoms with van der Waals surface area (Å²) in [5, 5.41) is 3.62. The van der Waals surface area contributed by atoms with Gasteiger partial charge in [0.05, 0.1) is 4.90 Å². The van der Waals surface area contributed by atoms with Crippen LogP contribution in [0.3, 0.4) is 0 Å². The maximum Gasteiger partial charge on any atom is 0.243 e. The van der Waals surface area contributed by atoms with Gasteiger partial charge in [0.25, 0.3) is 0 Å². The zero-order chi connectivity index (χ0) is 29.0. The van der Waals surface area contributed by atoms with Crippen molar-refractivity contribution in [3.8, 4) is 0 Å². The van der Waals surface area contributed by atoms with Crippen LogP contribution in [-0.2, 0) is 39.0 Å². The van der Waals surface area contributed by atoms with Crippen LogP contribution in [0.4, 0.5) is 0 Å². The van der Waals surface area contributed by atoms with E-state index < -0.39 is 16.1 Å². The number of hydrogen-bond acceptors (Lipinski definition) is 4. The van der Waals surface area contributed by atoms with Crippen LogP contribution in [0.5, 0.6) is 0 Å². The van der Waals surface area contributed by atoms with Crippen LogP contribution in [0.1, 0.15) is 49.8 Å². The lowest BCUT2D eigenvalue weighted by atomic mass is 10.0. The van der Waals surface area contributed by atoms with Gasteiger partial charge in [-0.3, -0.25) is 9.59 Å². The molecule has 2 N–H and O–H groups in total. The fourth-order valence-electron chi connectivity index (χ4n) is 4.35. The van der Waals surface area contributed by atoms with E-state index in [-0.39, 0.29) is 29.7 Å². The summed E-state index contributed by atoms with van der Waals surface area (Å²) in [6.45, 7) is 4.90. The standard InChI is InChI=1S/C31H38ClN3O4S/c1-3-5-21-33-31(37)29(22-25-9-7-6-8-10-25)35(23-26-11-16-27(32)17-12-26)30(36)20-15-24-13-18-28(19-14-24)40(38,39)34-4-2/h6-14,16-19,29,34H,3-5,15,20-23H2,1-2H3,(H,33,37). The Kier molecular flexibility index (Phi) is 12.2. The van der Waals surface area contributed by atoms with Crippen molar-refractivity contribution in [2.24, 2.45) is 0 Å². The van der Waals surface area contributed by atoms with Gasteiger partial charge in [0.1, 0.15) is 6.04 Å². The molecule has 1 atom stereocenters. The molecule has 0 aliphatic carbocycles. The second kappa shape index (κ2) is 15.6. The predicted octanol–water partition coefficient (Wildman–Crippen LogP) is 5.13. The van der Waals surface area contributed by atoms with Gasteiger partial charge in [0, 0.05) is 37.5 Å². The van der Waals surface area contributed by atoms with E-state index in [9.17, 15) is 18.0 Å². The molecule has 2 amide bonds. The fraction of sp³-hybridized carbons (Fsp3) is 0.355. The van der Waals surface area contributed by atoms with Crippen LogP contribution < -0.4 is 10.0 Å². The van der Waals surface area contributed by atoms with Crippen LogP contribution in [0.25, 0.3) is 0 Å². The normalized spacial score (nSPS) is 12.1. The minimum Gasteiger partial charge on any atom is -0.354 e. The Hall–Kier alpha value is -3.20. The number of nitrogens with zero attached hydrogens (tertiary/aromatic N) is 1. The quantitative estimate of drug-likeness (QED) is 0.243. The molecule has 0 heterocycles. The third-order valence-corrected chi connectivity index (χ3v) is 8.38. The Labute approximate surface area is 243 Å². The zero-order valence-electron chi connectivity index (χ0n) is 23.1. The Balaban J connectivity index is 1.85. The van der Waals surface area contributed by atoms with Gasteiger partial charge in [0.2, 0.25) is 21.8 Å². The minimum atomic E-state index is -3.55. The number of hydrogen-bond donors (Lipinski definition) is 2. The van der Waals surface area contributed by atoms with E-state index in [0.717, 1.165) is 29.5 Å². The molecular weight excluding hydrogens is 546 g/mol. The summed E-state index contributed by atoms with van der Waals surface area (Å²) < 4.78 is 27.0. The topological polar surface area (TPSA) is 95.6 Å². The molecule has 0 aliphatic rings. The van der Waals surface area contributed by atoms with Gasteiger partial charge in [-0.05, 0) is 53.8 Å². The zero-order valence-corrected chi connectivity index (χ0v) is 24.7. The molecule has 3 aromatic rings. The van der Waals surface area contributed by atoms with Crippen LogP contribution in [0.15, 0.2) is 83.8 Å². The van der Waals surface area contributed by atoms with Gasteiger partial charge in [0.15, 0.2) is 0 Å². The molecule has 0 spiro atoms. The van der Waals surface area contributed by atoms with E-state index in [2.05, 4.69) is 17.0 Å². The second-order valence-corrected chi connectivity index (χ2v) is 11.8. The second-order valence-electron chi connectivity index (χ2n) is 9.64. The molecule has 3 rings (SSSR count). The summed E-state index contributed by atoms with van der Waals surface area (Å²) in [4.78, 5) is 29.1. The summed E-state index contributed by atoms with van der Waals surface area (Å²) in [6, 6.07) is 22.8. The number of halogens is 1. The molecule has 0 radical (unpaired) electrons. The highest BCUT2D eigenvalue weighted by Gasteiger charge is 2.30. The highest BCUT2D eigenvalue weighted by Crippen LogP contribution is 2.19. The molecule has 1 unspecified atom stereocenters. The van der Waals surface area contributed by atoms with E-state index in [0.29, 0.717) is 31.0 Å². The van der Waals surface area contributed by atoms with Crippen LogP contribution in [-0.4, -0.2) is 44.3 Å². The summed E-state index contributed by atoms with van der Waals surface area (Å²) >= 11 is 6.09. The average Bonchev–Trinajstić information content (AvgIpc) is 2.95. The molecule has 7 nitrogen and oxygen atoms in total. The van der Waals surface area contributed by atoms with Crippen molar-refractivity contribution < 1.29 is 18.0 Å². The summed E-state index contributed by atoms with van der Waals surface area (Å²) in [5.74, 6) is -0.344. The Morgan fingerprint density at radius 2 is 1.52 bits per heavy atom. The van der Waals surface area contributed by atoms with E-state index in [1.54, 1.807) is 48.2 Å². The molecular formula is C31H38ClN3O4S. The van der Waals surface area contributed by atoms with Gasteiger partial charge in [-0.1, -0.05) is 86.5 Å². The van der Waals surface area contributed by atoms with E-state index >= 15 is 0 Å². The first-order chi connectivity index (χ1) is 19.2. The van der Waals surface area contributed by atoms with Crippen molar-refractivity contribution in [2.45, 2.75) is 63.4 Å². The fourth-order valence-corrected chi connectivity index (χ4v) is 5.52. The first-order valence-corrected chi connectivity index (χ1v) is 15.5. The van der Waals surface area contributed by atoms with Gasteiger partial charge in [-0.25, -0.2) is 13.1 Å². The lowest BCUT2D eigenvalue weighted by molar-refractivity contribution is -0.141. The van der Waals surface area contributed by atoms with E-state index in [1.807, 2.05) is 42.5 Å². The van der Waals surface area contributed by atoms with E-state index in [4.69, 9.17) is 11.6 Å². The number of amides is 2. The highest BCUT2D eigenvalue weighted by molar-refractivity contribution is 7.89. The third kappa shape index (κ3) is 9.47. The smallest absolute Gasteiger partial charge is 0.243 e. The van der Waals surface area contributed by atoms with Crippen molar-refractivity contribution in [3.63, 3.8) is 0 Å². The predicted molar refractivity (Wildman–Crippen MR) is 159 cm³/mol. The van der Waals surface area contributed by atoms with Crippen molar-refractivity contribution in [3.05, 3.63) is 101 Å². The molecule has 9 heteroatoms. The van der Waals surface area contributed by atoms with Gasteiger partial charge in [-0.15, -0.1) is 0 Å². The molecule has 0 fully saturated rings. The van der Waals surface area contributed by atoms with Crippen molar-refractivity contribution in [1.82, 2.24) is 14.9 Å². The summed E-state index contributed by atoms with van der Waals surface area (Å²) in [5.41, 5.74) is 2.67. The number of rotatable bonds is 15. The SMILES string of the molecule is CCCCNC(=O)C(Cc1ccccc1)N(Cc1ccc(Cl)cc1)C(=O)CCc1ccc(S(=O)(=O)NCC)cc1. The molecule has 214 valence electrons. The Bertz CT molecular complexity index is 1330. The van der Waals surface area contributed by atoms with Crippen LogP contribution in [0, 0.1) is 0 Å². The maximum atomic E-state index is 13.8. The third-order valence-electron chi connectivity index (χ3n) is 6.56. The minimum absolute atomic E-state index is 0.161. The number of carbonyl (C=O) groups is 2. The molecule has 0 aromatic heterocycles. The highest BCUT2D eigenvalue weighted by atomic mass is 35.5. The lowest BCUT2D eigenvalue weighted by Gasteiger charge is -2.31. The first kappa shape index (κ1) is 31.3. The monoisotopic (exact) mass is 583 g/mol. The maximum absolute atomic E-state index is 13.8. The van der Waals surface area contributed by atoms with Crippen molar-refractivity contribution in [1.29, 1.82) is 0 Å². The first-order valence-electron chi connectivity index (χ1n) is 13.7. The van der Waals surface area contributed by atoms with E-state index in [1.165, 1.54) is 0 Å². The number of sulfonamides is 1. The Morgan fingerprint density at radius 1 is 0.875 bits per heavy atom. The molecule has 0 bridgehead atoms. The largest absolute Gasteiger partial charge is 0.354 e. The number of nitrogens with one attached hydrogen (secondary N) is 2. The molecule has 40 heavy (non-hydrogen) atoms. The lowest BCUT2D eigenvalue weighted by Crippen LogP contribution is -2.50. The number of unbranched alkanes of at least 4 members (excludes halogenated alkanes) is 1. The van der Waals surface area contributed by atoms with Crippen LogP contribution >= 0.6 is 11.6 Å². The van der Waals surface area contributed by atoms with Crippen LogP contribution in [0.2, 0.25) is 5.02 Å². The Morgan fingerprint density at radius 3 is 2.15 bits per heavy atom. The summed E-state index contributed by atoms with van der Waals surface area (Å²) in [7, 11) is -3.55. The summed E-state index contributed by atoms with van der Waals surface area (Å²) in [6.07, 6.45) is 2.77. The van der Waals surface area contributed by atoms with Gasteiger partial charge >= 0.3 is 0 Å². The van der Waals surface area contributed by atoms with Crippen molar-refractivity contribution in [2.75, 3.05) is 13.1 Å². The number of carbonyl (C=O) groups excluding carboxylic acids is 2. The number of aryl methyl sites for hydroxylation is 1. The molecule has 0 aliphatic heterocycles. The molecule has 0 saturated carbocycles. The van der Waals surface area contributed by atoms with Gasteiger partial charge in [-0.2, -0.15) is 0 Å². The number of benzene rings is 3.